The smallest absolute Gasteiger partial charge is 0.243 e. The van der Waals surface area contributed by atoms with Crippen molar-refractivity contribution in [3.05, 3.63) is 23.5 Å². The normalized spacial score (nSPS) is 23.2. The average Bonchev–Trinajstić information content (AvgIpc) is 2.42. The molecule has 0 heterocycles. The topological polar surface area (TPSA) is 92.4 Å². The molecule has 0 amide bonds. The van der Waals surface area contributed by atoms with Crippen LogP contribution in [0.1, 0.15) is 31.2 Å². The van der Waals surface area contributed by atoms with E-state index in [4.69, 9.17) is 5.73 Å². The van der Waals surface area contributed by atoms with Crippen molar-refractivity contribution in [2.24, 2.45) is 5.92 Å². The van der Waals surface area contributed by atoms with E-state index in [2.05, 4.69) is 4.72 Å². The van der Waals surface area contributed by atoms with Crippen LogP contribution in [0.4, 0.5) is 10.1 Å². The average molecular weight is 316 g/mol. The van der Waals surface area contributed by atoms with Crippen LogP contribution in [0.5, 0.6) is 0 Å². The van der Waals surface area contributed by atoms with Gasteiger partial charge in [0.2, 0.25) is 10.0 Å². The van der Waals surface area contributed by atoms with Crippen molar-refractivity contribution in [1.29, 1.82) is 0 Å². The lowest BCUT2D eigenvalue weighted by Crippen LogP contribution is -2.32. The summed E-state index contributed by atoms with van der Waals surface area (Å²) in [6, 6.07) is 2.53. The maximum atomic E-state index is 14.0. The van der Waals surface area contributed by atoms with Crippen LogP contribution in [-0.2, 0) is 10.0 Å². The molecule has 4 N–H and O–H groups in total. The third-order valence-corrected chi connectivity index (χ3v) is 5.33. The molecule has 1 aliphatic rings. The number of hydrogen-bond acceptors (Lipinski definition) is 4. The molecule has 0 saturated heterocycles. The van der Waals surface area contributed by atoms with Crippen molar-refractivity contribution in [2.45, 2.75) is 43.6 Å². The van der Waals surface area contributed by atoms with Gasteiger partial charge in [-0.1, -0.05) is 0 Å². The summed E-state index contributed by atoms with van der Waals surface area (Å²) in [7, 11) is -3.92. The summed E-state index contributed by atoms with van der Waals surface area (Å²) < 4.78 is 40.9. The molecular formula is C14H21FN2O3S. The molecule has 1 fully saturated rings. The van der Waals surface area contributed by atoms with Gasteiger partial charge in [0, 0.05) is 12.2 Å². The number of rotatable bonds is 4. The van der Waals surface area contributed by atoms with Crippen LogP contribution >= 0.6 is 0 Å². The molecule has 1 aromatic rings. The van der Waals surface area contributed by atoms with E-state index in [0.29, 0.717) is 12.8 Å². The molecule has 1 aromatic carbocycles. The first-order valence-corrected chi connectivity index (χ1v) is 8.51. The molecule has 0 aromatic heterocycles. The second kappa shape index (κ2) is 6.29. The van der Waals surface area contributed by atoms with Gasteiger partial charge in [-0.05, 0) is 56.2 Å². The highest BCUT2D eigenvalue weighted by Gasteiger charge is 2.24. The molecular weight excluding hydrogens is 295 g/mol. The molecule has 118 valence electrons. The van der Waals surface area contributed by atoms with Crippen molar-refractivity contribution in [3.8, 4) is 0 Å². The minimum atomic E-state index is -3.92. The number of nitrogen functional groups attached to an aromatic ring is 1. The number of anilines is 1. The van der Waals surface area contributed by atoms with Gasteiger partial charge in [-0.15, -0.1) is 0 Å². The summed E-state index contributed by atoms with van der Waals surface area (Å²) in [6.07, 6.45) is 2.60. The Morgan fingerprint density at radius 1 is 1.33 bits per heavy atom. The Balaban J connectivity index is 2.09. The van der Waals surface area contributed by atoms with Gasteiger partial charge >= 0.3 is 0 Å². The van der Waals surface area contributed by atoms with Crippen LogP contribution in [0.2, 0.25) is 0 Å². The molecule has 0 aliphatic heterocycles. The van der Waals surface area contributed by atoms with Gasteiger partial charge in [0.1, 0.15) is 10.7 Å². The SMILES string of the molecule is Cc1cc(N)cc(S(=O)(=O)NCC2CCC(O)CC2)c1F. The van der Waals surface area contributed by atoms with Crippen molar-refractivity contribution in [1.82, 2.24) is 4.72 Å². The molecule has 21 heavy (non-hydrogen) atoms. The highest BCUT2D eigenvalue weighted by atomic mass is 32.2. The fraction of sp³-hybridized carbons (Fsp3) is 0.571. The molecule has 7 heteroatoms. The summed E-state index contributed by atoms with van der Waals surface area (Å²) in [6.45, 7) is 1.73. The Hall–Kier alpha value is -1.18. The van der Waals surface area contributed by atoms with Gasteiger partial charge in [0.15, 0.2) is 0 Å². The summed E-state index contributed by atoms with van der Waals surface area (Å²) >= 11 is 0. The summed E-state index contributed by atoms with van der Waals surface area (Å²) in [5, 5.41) is 9.43. The largest absolute Gasteiger partial charge is 0.399 e. The number of hydrogen-bond donors (Lipinski definition) is 3. The molecule has 2 rings (SSSR count). The van der Waals surface area contributed by atoms with Crippen molar-refractivity contribution < 1.29 is 17.9 Å². The monoisotopic (exact) mass is 316 g/mol. The maximum Gasteiger partial charge on any atom is 0.243 e. The predicted molar refractivity (Wildman–Crippen MR) is 78.7 cm³/mol. The standard InChI is InChI=1S/C14H21FN2O3S/c1-9-6-11(16)7-13(14(9)15)21(19,20)17-8-10-2-4-12(18)5-3-10/h6-7,10,12,17-18H,2-5,8,16H2,1H3. The zero-order chi connectivity index (χ0) is 15.6. The van der Waals surface area contributed by atoms with Gasteiger partial charge in [0.25, 0.3) is 0 Å². The number of aliphatic hydroxyl groups is 1. The predicted octanol–water partition coefficient (Wildman–Crippen LogP) is 1.55. The van der Waals surface area contributed by atoms with Gasteiger partial charge in [-0.2, -0.15) is 0 Å². The van der Waals surface area contributed by atoms with Crippen molar-refractivity contribution in [2.75, 3.05) is 12.3 Å². The minimum Gasteiger partial charge on any atom is -0.399 e. The van der Waals surface area contributed by atoms with E-state index in [1.165, 1.54) is 13.0 Å². The summed E-state index contributed by atoms with van der Waals surface area (Å²) in [5.41, 5.74) is 6.01. The molecule has 1 aliphatic carbocycles. The third kappa shape index (κ3) is 3.93. The number of aliphatic hydroxyl groups excluding tert-OH is 1. The second-order valence-electron chi connectivity index (χ2n) is 5.68. The molecule has 5 nitrogen and oxygen atoms in total. The number of nitrogens with one attached hydrogen (secondary N) is 1. The zero-order valence-corrected chi connectivity index (χ0v) is 12.8. The van der Waals surface area contributed by atoms with E-state index in [9.17, 15) is 17.9 Å². The summed E-state index contributed by atoms with van der Waals surface area (Å²) in [4.78, 5) is -0.407. The fourth-order valence-electron chi connectivity index (χ4n) is 2.61. The van der Waals surface area contributed by atoms with Crippen molar-refractivity contribution in [3.63, 3.8) is 0 Å². The highest BCUT2D eigenvalue weighted by Crippen LogP contribution is 2.25. The van der Waals surface area contributed by atoms with Crippen LogP contribution in [-0.4, -0.2) is 26.2 Å². The van der Waals surface area contributed by atoms with Gasteiger partial charge in [-0.3, -0.25) is 0 Å². The van der Waals surface area contributed by atoms with Gasteiger partial charge in [-0.25, -0.2) is 17.5 Å². The first-order valence-electron chi connectivity index (χ1n) is 7.03. The number of sulfonamides is 1. The fourth-order valence-corrected chi connectivity index (χ4v) is 3.91. The van der Waals surface area contributed by atoms with E-state index in [-0.39, 0.29) is 29.8 Å². The van der Waals surface area contributed by atoms with Crippen molar-refractivity contribution >= 4 is 15.7 Å². The Morgan fingerprint density at radius 3 is 2.57 bits per heavy atom. The lowest BCUT2D eigenvalue weighted by molar-refractivity contribution is 0.109. The Labute approximate surface area is 124 Å². The van der Waals surface area contributed by atoms with Gasteiger partial charge in [0.05, 0.1) is 6.10 Å². The number of aryl methyl sites for hydroxylation is 1. The lowest BCUT2D eigenvalue weighted by atomic mass is 9.88. The Morgan fingerprint density at radius 2 is 1.95 bits per heavy atom. The third-order valence-electron chi connectivity index (χ3n) is 3.91. The minimum absolute atomic E-state index is 0.174. The molecule has 0 spiro atoms. The van der Waals surface area contributed by atoms with E-state index in [1.54, 1.807) is 0 Å². The van der Waals surface area contributed by atoms with Crippen LogP contribution in [0.3, 0.4) is 0 Å². The lowest BCUT2D eigenvalue weighted by Gasteiger charge is -2.25. The molecule has 0 atom stereocenters. The number of nitrogens with two attached hydrogens (primary N) is 1. The van der Waals surface area contributed by atoms with Crippen LogP contribution in [0.15, 0.2) is 17.0 Å². The Bertz CT molecular complexity index is 611. The quantitative estimate of drug-likeness (QED) is 0.735. The van der Waals surface area contributed by atoms with Crippen LogP contribution in [0, 0.1) is 18.7 Å². The molecule has 0 unspecified atom stereocenters. The second-order valence-corrected chi connectivity index (χ2v) is 7.41. The Kier molecular flexibility index (Phi) is 4.85. The number of halogens is 1. The van der Waals surface area contributed by atoms with Crippen LogP contribution in [0.25, 0.3) is 0 Å². The first kappa shape index (κ1) is 16.2. The molecule has 0 bridgehead atoms. The van der Waals surface area contributed by atoms with E-state index >= 15 is 0 Å². The maximum absolute atomic E-state index is 14.0. The van der Waals surface area contributed by atoms with E-state index in [1.807, 2.05) is 0 Å². The van der Waals surface area contributed by atoms with Gasteiger partial charge < -0.3 is 10.8 Å². The highest BCUT2D eigenvalue weighted by molar-refractivity contribution is 7.89. The van der Waals surface area contributed by atoms with E-state index < -0.39 is 20.7 Å². The van der Waals surface area contributed by atoms with Crippen LogP contribution < -0.4 is 10.5 Å². The summed E-state index contributed by atoms with van der Waals surface area (Å²) in [5.74, 6) is -0.593. The first-order chi connectivity index (χ1) is 9.79. The molecule has 1 saturated carbocycles. The molecule has 0 radical (unpaired) electrons. The zero-order valence-electron chi connectivity index (χ0n) is 12.0. The van der Waals surface area contributed by atoms with E-state index in [0.717, 1.165) is 18.9 Å². The number of benzene rings is 1.